The molecule has 1 aromatic carbocycles. The molecule has 0 unspecified atom stereocenters. The minimum Gasteiger partial charge on any atom is -0.492 e. The third-order valence-corrected chi connectivity index (χ3v) is 4.44. The molecule has 20 heavy (non-hydrogen) atoms. The van der Waals surface area contributed by atoms with Gasteiger partial charge in [-0.25, -0.2) is 13.6 Å². The number of nitrogens with two attached hydrogens (primary N) is 1. The summed E-state index contributed by atoms with van der Waals surface area (Å²) in [5.74, 6) is 0.608. The Labute approximate surface area is 119 Å². The second-order valence-corrected chi connectivity index (χ2v) is 6.44. The number of likely N-dealkylation sites (tertiary alicyclic amines) is 1. The first-order chi connectivity index (χ1) is 9.50. The van der Waals surface area contributed by atoms with Gasteiger partial charge in [0.05, 0.1) is 11.5 Å². The van der Waals surface area contributed by atoms with Crippen LogP contribution in [0.25, 0.3) is 0 Å². The maximum Gasteiger partial charge on any atom is 0.238 e. The Hall–Kier alpha value is -1.15. The molecule has 0 radical (unpaired) electrons. The van der Waals surface area contributed by atoms with Crippen LogP contribution in [0.2, 0.25) is 0 Å². The van der Waals surface area contributed by atoms with Gasteiger partial charge in [-0.3, -0.25) is 4.90 Å². The van der Waals surface area contributed by atoms with Crippen molar-refractivity contribution < 1.29 is 18.3 Å². The Morgan fingerprint density at radius 2 is 2.05 bits per heavy atom. The van der Waals surface area contributed by atoms with Gasteiger partial charge in [0, 0.05) is 12.6 Å². The molecule has 6 nitrogen and oxygen atoms in total. The number of aliphatic hydroxyl groups is 1. The Bertz CT molecular complexity index is 530. The van der Waals surface area contributed by atoms with Crippen molar-refractivity contribution in [2.75, 3.05) is 26.3 Å². The summed E-state index contributed by atoms with van der Waals surface area (Å²) >= 11 is 0. The van der Waals surface area contributed by atoms with Crippen LogP contribution in [0.3, 0.4) is 0 Å². The molecule has 1 atom stereocenters. The molecule has 0 aromatic heterocycles. The van der Waals surface area contributed by atoms with E-state index >= 15 is 0 Å². The number of nitrogens with zero attached hydrogens (tertiary/aromatic N) is 1. The van der Waals surface area contributed by atoms with Gasteiger partial charge in [-0.2, -0.15) is 0 Å². The Balaban J connectivity index is 1.82. The van der Waals surface area contributed by atoms with E-state index in [1.54, 1.807) is 12.1 Å². The molecule has 3 N–H and O–H groups in total. The monoisotopic (exact) mass is 300 g/mol. The van der Waals surface area contributed by atoms with Gasteiger partial charge in [0.25, 0.3) is 0 Å². The SMILES string of the molecule is NS(=O)(=O)c1ccc(OCCN2CCC[C@H]2CO)cc1. The first kappa shape index (κ1) is 15.2. The molecule has 0 aliphatic carbocycles. The summed E-state index contributed by atoms with van der Waals surface area (Å²) < 4.78 is 27.8. The van der Waals surface area contributed by atoms with E-state index in [2.05, 4.69) is 4.90 Å². The van der Waals surface area contributed by atoms with Crippen LogP contribution >= 0.6 is 0 Å². The van der Waals surface area contributed by atoms with Crippen molar-refractivity contribution in [3.05, 3.63) is 24.3 Å². The van der Waals surface area contributed by atoms with Crippen LogP contribution in [-0.2, 0) is 10.0 Å². The molecular weight excluding hydrogens is 280 g/mol. The topological polar surface area (TPSA) is 92.9 Å². The smallest absolute Gasteiger partial charge is 0.238 e. The summed E-state index contributed by atoms with van der Waals surface area (Å²) in [6.45, 7) is 2.43. The van der Waals surface area contributed by atoms with Gasteiger partial charge in [-0.1, -0.05) is 0 Å². The Morgan fingerprint density at radius 1 is 1.35 bits per heavy atom. The summed E-state index contributed by atoms with van der Waals surface area (Å²) in [7, 11) is -3.66. The highest BCUT2D eigenvalue weighted by molar-refractivity contribution is 7.89. The van der Waals surface area contributed by atoms with Crippen LogP contribution in [0.15, 0.2) is 29.2 Å². The summed E-state index contributed by atoms with van der Waals surface area (Å²) in [6, 6.07) is 6.28. The fraction of sp³-hybridized carbons (Fsp3) is 0.538. The predicted molar refractivity (Wildman–Crippen MR) is 75.0 cm³/mol. The van der Waals surface area contributed by atoms with E-state index in [-0.39, 0.29) is 17.5 Å². The average molecular weight is 300 g/mol. The van der Waals surface area contributed by atoms with E-state index in [0.29, 0.717) is 12.4 Å². The lowest BCUT2D eigenvalue weighted by atomic mass is 10.2. The lowest BCUT2D eigenvalue weighted by Gasteiger charge is -2.22. The van der Waals surface area contributed by atoms with Gasteiger partial charge >= 0.3 is 0 Å². The van der Waals surface area contributed by atoms with Gasteiger partial charge in [0.2, 0.25) is 10.0 Å². The fourth-order valence-electron chi connectivity index (χ4n) is 2.40. The lowest BCUT2D eigenvalue weighted by Crippen LogP contribution is -2.35. The van der Waals surface area contributed by atoms with Crippen molar-refractivity contribution in [2.45, 2.75) is 23.8 Å². The molecule has 1 fully saturated rings. The minimum absolute atomic E-state index is 0.0738. The van der Waals surface area contributed by atoms with Gasteiger partial charge in [-0.05, 0) is 43.7 Å². The van der Waals surface area contributed by atoms with E-state index in [4.69, 9.17) is 9.88 Å². The molecule has 2 rings (SSSR count). The second kappa shape index (κ2) is 6.53. The first-order valence-corrected chi connectivity index (χ1v) is 8.16. The fourth-order valence-corrected chi connectivity index (χ4v) is 2.92. The van der Waals surface area contributed by atoms with Crippen LogP contribution < -0.4 is 9.88 Å². The van der Waals surface area contributed by atoms with Crippen molar-refractivity contribution in [1.29, 1.82) is 0 Å². The minimum atomic E-state index is -3.66. The van der Waals surface area contributed by atoms with Crippen molar-refractivity contribution in [1.82, 2.24) is 4.90 Å². The summed E-state index contributed by atoms with van der Waals surface area (Å²) in [6.07, 6.45) is 2.13. The molecule has 0 spiro atoms. The number of hydrogen-bond acceptors (Lipinski definition) is 5. The van der Waals surface area contributed by atoms with Crippen molar-refractivity contribution in [2.24, 2.45) is 5.14 Å². The number of hydrogen-bond donors (Lipinski definition) is 2. The maximum absolute atomic E-state index is 11.1. The summed E-state index contributed by atoms with van der Waals surface area (Å²) in [5, 5.41) is 14.2. The highest BCUT2D eigenvalue weighted by Gasteiger charge is 2.23. The molecule has 1 heterocycles. The lowest BCUT2D eigenvalue weighted by molar-refractivity contribution is 0.139. The summed E-state index contributed by atoms with van der Waals surface area (Å²) in [5.41, 5.74) is 0. The van der Waals surface area contributed by atoms with E-state index in [1.165, 1.54) is 12.1 Å². The quantitative estimate of drug-likeness (QED) is 0.781. The Morgan fingerprint density at radius 3 is 2.65 bits per heavy atom. The average Bonchev–Trinajstić information content (AvgIpc) is 2.86. The van der Waals surface area contributed by atoms with Crippen LogP contribution in [0.1, 0.15) is 12.8 Å². The molecule has 0 amide bonds. The van der Waals surface area contributed by atoms with Crippen molar-refractivity contribution in [3.8, 4) is 5.75 Å². The number of sulfonamides is 1. The van der Waals surface area contributed by atoms with Crippen LogP contribution in [0.5, 0.6) is 5.75 Å². The van der Waals surface area contributed by atoms with Crippen LogP contribution in [-0.4, -0.2) is 50.8 Å². The first-order valence-electron chi connectivity index (χ1n) is 6.61. The van der Waals surface area contributed by atoms with Gasteiger partial charge in [0.1, 0.15) is 12.4 Å². The third kappa shape index (κ3) is 3.92. The molecule has 1 aliphatic rings. The number of benzene rings is 1. The molecule has 1 aliphatic heterocycles. The molecule has 1 aromatic rings. The molecule has 0 saturated carbocycles. The Kier molecular flexibility index (Phi) is 4.98. The highest BCUT2D eigenvalue weighted by atomic mass is 32.2. The van der Waals surface area contributed by atoms with E-state index in [1.807, 2.05) is 0 Å². The van der Waals surface area contributed by atoms with Gasteiger partial charge in [0.15, 0.2) is 0 Å². The number of ether oxygens (including phenoxy) is 1. The molecule has 112 valence electrons. The molecule has 0 bridgehead atoms. The third-order valence-electron chi connectivity index (χ3n) is 3.51. The second-order valence-electron chi connectivity index (χ2n) is 4.88. The molecular formula is C13H20N2O4S. The number of aliphatic hydroxyl groups excluding tert-OH is 1. The maximum atomic E-state index is 11.1. The number of rotatable bonds is 6. The standard InChI is InChI=1S/C13H20N2O4S/c14-20(17,18)13-5-3-12(4-6-13)19-9-8-15-7-1-2-11(15)10-16/h3-6,11,16H,1-2,7-10H2,(H2,14,17,18)/t11-/m0/s1. The molecule has 1 saturated heterocycles. The van der Waals surface area contributed by atoms with Crippen LogP contribution in [0.4, 0.5) is 0 Å². The zero-order valence-corrected chi connectivity index (χ0v) is 12.1. The van der Waals surface area contributed by atoms with Gasteiger partial charge < -0.3 is 9.84 Å². The largest absolute Gasteiger partial charge is 0.492 e. The van der Waals surface area contributed by atoms with Crippen molar-refractivity contribution in [3.63, 3.8) is 0 Å². The van der Waals surface area contributed by atoms with Crippen molar-refractivity contribution >= 4 is 10.0 Å². The van der Waals surface area contributed by atoms with E-state index in [0.717, 1.165) is 25.9 Å². The van der Waals surface area contributed by atoms with E-state index < -0.39 is 10.0 Å². The highest BCUT2D eigenvalue weighted by Crippen LogP contribution is 2.17. The van der Waals surface area contributed by atoms with Crippen LogP contribution in [0, 0.1) is 0 Å². The number of primary sulfonamides is 1. The predicted octanol–water partition coefficient (Wildman–Crippen LogP) is 0.170. The zero-order valence-electron chi connectivity index (χ0n) is 11.2. The molecule has 7 heteroatoms. The van der Waals surface area contributed by atoms with E-state index in [9.17, 15) is 13.5 Å². The summed E-state index contributed by atoms with van der Waals surface area (Å²) in [4.78, 5) is 2.28. The zero-order chi connectivity index (χ0) is 14.6. The normalized spacial score (nSPS) is 20.2. The van der Waals surface area contributed by atoms with Gasteiger partial charge in [-0.15, -0.1) is 0 Å².